The minimum absolute atomic E-state index is 0.0875. The Bertz CT molecular complexity index is 895. The van der Waals surface area contributed by atoms with E-state index in [0.29, 0.717) is 36.9 Å². The number of ether oxygens (including phenoxy) is 1. The second-order valence-electron chi connectivity index (χ2n) is 5.64. The Balaban J connectivity index is 1.52. The minimum atomic E-state index is -0.0875. The largest absolute Gasteiger partial charge is 0.494 e. The van der Waals surface area contributed by atoms with E-state index in [1.165, 1.54) is 0 Å². The number of nitrogens with zero attached hydrogens (tertiary/aromatic N) is 2. The first-order chi connectivity index (χ1) is 12.6. The molecule has 0 atom stereocenters. The maximum absolute atomic E-state index is 12.2. The van der Waals surface area contributed by atoms with Crippen LogP contribution in [0.15, 0.2) is 57.5 Å². The van der Waals surface area contributed by atoms with E-state index in [-0.39, 0.29) is 5.91 Å². The second-order valence-corrected chi connectivity index (χ2v) is 6.56. The van der Waals surface area contributed by atoms with Crippen LogP contribution in [0.1, 0.15) is 18.7 Å². The monoisotopic (exact) mass is 415 g/mol. The van der Waals surface area contributed by atoms with Gasteiger partial charge in [-0.15, -0.1) is 0 Å². The quantitative estimate of drug-likeness (QED) is 0.570. The molecule has 1 amide bonds. The van der Waals surface area contributed by atoms with E-state index in [1.807, 2.05) is 48.5 Å². The predicted octanol–water partition coefficient (Wildman–Crippen LogP) is 4.61. The fourth-order valence-corrected chi connectivity index (χ4v) is 2.77. The summed E-state index contributed by atoms with van der Waals surface area (Å²) >= 11 is 3.40. The van der Waals surface area contributed by atoms with Crippen LogP contribution < -0.4 is 10.1 Å². The molecule has 1 heterocycles. The number of rotatable bonds is 7. The molecule has 0 radical (unpaired) electrons. The summed E-state index contributed by atoms with van der Waals surface area (Å²) in [5.41, 5.74) is 1.38. The number of nitrogens with one attached hydrogen (secondary N) is 1. The van der Waals surface area contributed by atoms with Gasteiger partial charge in [-0.2, -0.15) is 4.98 Å². The third-order valence-electron chi connectivity index (χ3n) is 3.58. The van der Waals surface area contributed by atoms with Crippen LogP contribution in [0.4, 0.5) is 5.69 Å². The highest BCUT2D eigenvalue weighted by atomic mass is 79.9. The number of halogens is 1. The smallest absolute Gasteiger partial charge is 0.224 e. The van der Waals surface area contributed by atoms with E-state index in [1.54, 1.807) is 6.92 Å². The number of aryl methyl sites for hydroxylation is 1. The van der Waals surface area contributed by atoms with Crippen molar-refractivity contribution in [1.82, 2.24) is 10.1 Å². The van der Waals surface area contributed by atoms with E-state index in [0.717, 1.165) is 15.8 Å². The third-order valence-corrected chi connectivity index (χ3v) is 4.08. The van der Waals surface area contributed by atoms with Gasteiger partial charge in [-0.3, -0.25) is 4.79 Å². The molecule has 26 heavy (non-hydrogen) atoms. The first-order valence-electron chi connectivity index (χ1n) is 8.20. The first-order valence-corrected chi connectivity index (χ1v) is 8.99. The summed E-state index contributed by atoms with van der Waals surface area (Å²) in [6.45, 7) is 2.19. The summed E-state index contributed by atoms with van der Waals surface area (Å²) in [7, 11) is 0. The van der Waals surface area contributed by atoms with Gasteiger partial charge in [0.2, 0.25) is 17.6 Å². The molecule has 6 nitrogen and oxygen atoms in total. The molecule has 0 aliphatic carbocycles. The van der Waals surface area contributed by atoms with Crippen LogP contribution in [0.3, 0.4) is 0 Å². The molecule has 0 spiro atoms. The first kappa shape index (κ1) is 18.1. The number of amides is 1. The van der Waals surface area contributed by atoms with Gasteiger partial charge in [0.1, 0.15) is 5.75 Å². The van der Waals surface area contributed by atoms with Gasteiger partial charge < -0.3 is 14.6 Å². The molecule has 0 aliphatic rings. The molecule has 0 bridgehead atoms. The van der Waals surface area contributed by atoms with Crippen LogP contribution in [0.25, 0.3) is 11.4 Å². The zero-order chi connectivity index (χ0) is 18.4. The lowest BCUT2D eigenvalue weighted by Gasteiger charge is -2.09. The summed E-state index contributed by atoms with van der Waals surface area (Å²) in [4.78, 5) is 16.4. The average molecular weight is 416 g/mol. The highest BCUT2D eigenvalue weighted by Gasteiger charge is 2.12. The summed E-state index contributed by atoms with van der Waals surface area (Å²) in [5.74, 6) is 1.62. The molecule has 1 aromatic heterocycles. The van der Waals surface area contributed by atoms with Crippen molar-refractivity contribution in [3.05, 3.63) is 58.9 Å². The normalized spacial score (nSPS) is 10.5. The van der Waals surface area contributed by atoms with Gasteiger partial charge in [-0.05, 0) is 36.8 Å². The topological polar surface area (TPSA) is 77.2 Å². The van der Waals surface area contributed by atoms with Crippen LogP contribution >= 0.6 is 15.9 Å². The van der Waals surface area contributed by atoms with Crippen molar-refractivity contribution in [2.24, 2.45) is 0 Å². The Morgan fingerprint density at radius 2 is 2.08 bits per heavy atom. The van der Waals surface area contributed by atoms with Crippen molar-refractivity contribution in [3.63, 3.8) is 0 Å². The number of hydrogen-bond donors (Lipinski definition) is 1. The van der Waals surface area contributed by atoms with Crippen LogP contribution in [0.2, 0.25) is 0 Å². The molecular formula is C19H18BrN3O3. The van der Waals surface area contributed by atoms with Crippen LogP contribution in [0, 0.1) is 6.92 Å². The third kappa shape index (κ3) is 4.92. The van der Waals surface area contributed by atoms with Crippen LogP contribution in [0.5, 0.6) is 5.75 Å². The number of carbonyl (C=O) groups excluding carboxylic acids is 1. The summed E-state index contributed by atoms with van der Waals surface area (Å²) in [5, 5.41) is 6.81. The molecule has 3 rings (SSSR count). The Morgan fingerprint density at radius 3 is 2.85 bits per heavy atom. The Labute approximate surface area is 159 Å². The van der Waals surface area contributed by atoms with Crippen molar-refractivity contribution >= 4 is 27.5 Å². The molecular weight excluding hydrogens is 398 g/mol. The molecule has 0 saturated heterocycles. The van der Waals surface area contributed by atoms with Gasteiger partial charge in [0, 0.05) is 23.4 Å². The van der Waals surface area contributed by atoms with Gasteiger partial charge in [-0.1, -0.05) is 39.3 Å². The molecule has 0 saturated carbocycles. The van der Waals surface area contributed by atoms with E-state index < -0.39 is 0 Å². The second kappa shape index (κ2) is 8.62. The fourth-order valence-electron chi connectivity index (χ4n) is 2.39. The van der Waals surface area contributed by atoms with Gasteiger partial charge >= 0.3 is 0 Å². The van der Waals surface area contributed by atoms with Gasteiger partial charge in [-0.25, -0.2) is 0 Å². The van der Waals surface area contributed by atoms with E-state index in [4.69, 9.17) is 9.26 Å². The molecule has 0 aliphatic heterocycles. The molecule has 0 unspecified atom stereocenters. The highest BCUT2D eigenvalue weighted by Crippen LogP contribution is 2.25. The average Bonchev–Trinajstić information content (AvgIpc) is 3.05. The number of aromatic nitrogens is 2. The number of para-hydroxylation sites is 1. The maximum Gasteiger partial charge on any atom is 0.224 e. The minimum Gasteiger partial charge on any atom is -0.494 e. The van der Waals surface area contributed by atoms with E-state index >= 15 is 0 Å². The van der Waals surface area contributed by atoms with Gasteiger partial charge in [0.05, 0.1) is 12.3 Å². The Morgan fingerprint density at radius 1 is 1.23 bits per heavy atom. The molecule has 1 N–H and O–H groups in total. The van der Waals surface area contributed by atoms with Gasteiger partial charge in [0.15, 0.2) is 0 Å². The van der Waals surface area contributed by atoms with Crippen molar-refractivity contribution in [1.29, 1.82) is 0 Å². The highest BCUT2D eigenvalue weighted by molar-refractivity contribution is 9.10. The Hall–Kier alpha value is -2.67. The van der Waals surface area contributed by atoms with Crippen LogP contribution in [-0.4, -0.2) is 22.7 Å². The van der Waals surface area contributed by atoms with Crippen molar-refractivity contribution in [2.75, 3.05) is 11.9 Å². The number of anilines is 1. The molecule has 2 aromatic carbocycles. The lowest BCUT2D eigenvalue weighted by atomic mass is 10.1. The predicted molar refractivity (Wildman–Crippen MR) is 102 cm³/mol. The van der Waals surface area contributed by atoms with E-state index in [2.05, 4.69) is 31.4 Å². The number of hydrogen-bond acceptors (Lipinski definition) is 5. The Kier molecular flexibility index (Phi) is 6.01. The SMILES string of the molecule is Cc1nc(-c2ccccc2NC(=O)CCCOc2cccc(Br)c2)no1. The van der Waals surface area contributed by atoms with Gasteiger partial charge in [0.25, 0.3) is 0 Å². The fraction of sp³-hybridized carbons (Fsp3) is 0.211. The van der Waals surface area contributed by atoms with Crippen LogP contribution in [-0.2, 0) is 4.79 Å². The van der Waals surface area contributed by atoms with E-state index in [9.17, 15) is 4.79 Å². The standard InChI is InChI=1S/C19H18BrN3O3/c1-13-21-19(23-26-13)16-8-2-3-9-17(16)22-18(24)10-5-11-25-15-7-4-6-14(20)12-15/h2-4,6-9,12H,5,10-11H2,1H3,(H,22,24). The zero-order valence-corrected chi connectivity index (χ0v) is 15.8. The number of benzene rings is 2. The summed E-state index contributed by atoms with van der Waals surface area (Å²) < 4.78 is 11.6. The molecule has 0 fully saturated rings. The molecule has 7 heteroatoms. The van der Waals surface area contributed by atoms with Crippen molar-refractivity contribution < 1.29 is 14.1 Å². The zero-order valence-electron chi connectivity index (χ0n) is 14.2. The number of carbonyl (C=O) groups is 1. The van der Waals surface area contributed by atoms with Crippen molar-refractivity contribution in [3.8, 4) is 17.1 Å². The summed E-state index contributed by atoms with van der Waals surface area (Å²) in [6, 6.07) is 15.0. The molecule has 3 aromatic rings. The maximum atomic E-state index is 12.2. The lowest BCUT2D eigenvalue weighted by Crippen LogP contribution is -2.13. The van der Waals surface area contributed by atoms with Crippen molar-refractivity contribution in [2.45, 2.75) is 19.8 Å². The lowest BCUT2D eigenvalue weighted by molar-refractivity contribution is -0.116. The molecule has 134 valence electrons. The summed E-state index contributed by atoms with van der Waals surface area (Å²) in [6.07, 6.45) is 0.968.